The van der Waals surface area contributed by atoms with Gasteiger partial charge in [0.1, 0.15) is 6.61 Å². The lowest BCUT2D eigenvalue weighted by molar-refractivity contribution is -0.138. The highest BCUT2D eigenvalue weighted by atomic mass is 16.5. The maximum Gasteiger partial charge on any atom is 0.407 e. The van der Waals surface area contributed by atoms with Crippen LogP contribution in [0.25, 0.3) is 11.1 Å². The van der Waals surface area contributed by atoms with E-state index in [0.29, 0.717) is 13.0 Å². The molecule has 0 saturated carbocycles. The first-order valence-corrected chi connectivity index (χ1v) is 12.2. The van der Waals surface area contributed by atoms with E-state index in [-0.39, 0.29) is 42.6 Å². The van der Waals surface area contributed by atoms with Gasteiger partial charge in [-0.05, 0) is 40.0 Å². The number of carboxylic acid groups (broad SMARTS) is 1. The molecule has 188 valence electrons. The third kappa shape index (κ3) is 7.07. The van der Waals surface area contributed by atoms with Gasteiger partial charge in [0.25, 0.3) is 0 Å². The fourth-order valence-electron chi connectivity index (χ4n) is 4.40. The van der Waals surface area contributed by atoms with Crippen LogP contribution < -0.4 is 10.6 Å². The van der Waals surface area contributed by atoms with Crippen molar-refractivity contribution >= 4 is 18.0 Å². The normalized spacial score (nSPS) is 14.4. The molecular weight excluding hydrogens is 444 g/mol. The summed E-state index contributed by atoms with van der Waals surface area (Å²) in [5, 5.41) is 14.7. The Hall–Kier alpha value is -3.35. The van der Waals surface area contributed by atoms with Gasteiger partial charge in [-0.25, -0.2) is 4.79 Å². The summed E-state index contributed by atoms with van der Waals surface area (Å²) in [6.45, 7) is 8.32. The first-order chi connectivity index (χ1) is 16.6. The second-order valence-electron chi connectivity index (χ2n) is 10.4. The monoisotopic (exact) mass is 480 g/mol. The predicted molar refractivity (Wildman–Crippen MR) is 135 cm³/mol. The van der Waals surface area contributed by atoms with Crippen LogP contribution in [0.5, 0.6) is 0 Å². The van der Waals surface area contributed by atoms with Crippen molar-refractivity contribution in [3.05, 3.63) is 59.7 Å². The van der Waals surface area contributed by atoms with E-state index in [2.05, 4.69) is 34.9 Å². The van der Waals surface area contributed by atoms with Gasteiger partial charge in [0.05, 0.1) is 6.42 Å². The number of ether oxygens (including phenoxy) is 1. The fraction of sp³-hybridized carbons (Fsp3) is 0.464. The van der Waals surface area contributed by atoms with E-state index in [9.17, 15) is 14.4 Å². The van der Waals surface area contributed by atoms with Gasteiger partial charge in [0.2, 0.25) is 5.91 Å². The highest BCUT2D eigenvalue weighted by Gasteiger charge is 2.30. The molecule has 0 aromatic heterocycles. The number of carbonyl (C=O) groups excluding carboxylic acids is 2. The molecule has 2 aromatic rings. The number of hydrogen-bond acceptors (Lipinski definition) is 4. The molecule has 0 bridgehead atoms. The summed E-state index contributed by atoms with van der Waals surface area (Å²) in [6.07, 6.45) is 0.241. The number of carbonyl (C=O) groups is 3. The highest BCUT2D eigenvalue weighted by molar-refractivity contribution is 5.79. The molecule has 2 atom stereocenters. The molecule has 7 nitrogen and oxygen atoms in total. The Bertz CT molecular complexity index is 1010. The van der Waals surface area contributed by atoms with Gasteiger partial charge in [0, 0.05) is 24.9 Å². The van der Waals surface area contributed by atoms with E-state index in [1.165, 1.54) is 11.1 Å². The third-order valence-corrected chi connectivity index (χ3v) is 6.56. The number of rotatable bonds is 10. The minimum Gasteiger partial charge on any atom is -0.481 e. The average Bonchev–Trinajstić information content (AvgIpc) is 3.12. The molecule has 0 radical (unpaired) electrons. The Morgan fingerprint density at radius 1 is 1.00 bits per heavy atom. The summed E-state index contributed by atoms with van der Waals surface area (Å²) >= 11 is 0. The number of amides is 2. The van der Waals surface area contributed by atoms with E-state index in [1.807, 2.05) is 52.0 Å². The maximum atomic E-state index is 12.4. The van der Waals surface area contributed by atoms with E-state index in [4.69, 9.17) is 9.84 Å². The van der Waals surface area contributed by atoms with Crippen molar-refractivity contribution < 1.29 is 24.2 Å². The molecule has 7 heteroatoms. The summed E-state index contributed by atoms with van der Waals surface area (Å²) in [7, 11) is 0. The molecule has 2 unspecified atom stereocenters. The number of hydrogen-bond donors (Lipinski definition) is 3. The Morgan fingerprint density at radius 3 is 2.11 bits per heavy atom. The Morgan fingerprint density at radius 2 is 1.57 bits per heavy atom. The zero-order valence-corrected chi connectivity index (χ0v) is 21.0. The molecular formula is C28H36N2O5. The maximum absolute atomic E-state index is 12.4. The van der Waals surface area contributed by atoms with E-state index in [1.54, 1.807) is 0 Å². The topological polar surface area (TPSA) is 105 Å². The van der Waals surface area contributed by atoms with Crippen molar-refractivity contribution in [1.29, 1.82) is 0 Å². The second kappa shape index (κ2) is 11.4. The number of fused-ring (bicyclic) bond motifs is 3. The first-order valence-electron chi connectivity index (χ1n) is 12.2. The molecule has 0 fully saturated rings. The molecule has 2 aromatic carbocycles. The lowest BCUT2D eigenvalue weighted by atomic mass is 9.84. The molecule has 1 aliphatic rings. The molecule has 0 spiro atoms. The molecule has 0 saturated heterocycles. The highest BCUT2D eigenvalue weighted by Crippen LogP contribution is 2.44. The van der Waals surface area contributed by atoms with E-state index >= 15 is 0 Å². The van der Waals surface area contributed by atoms with Crippen LogP contribution in [0.2, 0.25) is 0 Å². The Labute approximate surface area is 207 Å². The molecule has 35 heavy (non-hydrogen) atoms. The van der Waals surface area contributed by atoms with Crippen LogP contribution in [0.4, 0.5) is 4.79 Å². The van der Waals surface area contributed by atoms with Crippen molar-refractivity contribution in [2.75, 3.05) is 13.2 Å². The van der Waals surface area contributed by atoms with Crippen LogP contribution in [0, 0.1) is 11.3 Å². The second-order valence-corrected chi connectivity index (χ2v) is 10.4. The quantitative estimate of drug-likeness (QED) is 0.446. The Kier molecular flexibility index (Phi) is 8.54. The zero-order valence-electron chi connectivity index (χ0n) is 21.0. The van der Waals surface area contributed by atoms with Crippen LogP contribution in [0.15, 0.2) is 48.5 Å². The number of benzene rings is 2. The zero-order chi connectivity index (χ0) is 25.6. The molecule has 2 amide bonds. The Balaban J connectivity index is 1.43. The third-order valence-electron chi connectivity index (χ3n) is 6.56. The number of carboxylic acids is 1. The minimum absolute atomic E-state index is 0.0100. The summed E-state index contributed by atoms with van der Waals surface area (Å²) in [5.74, 6) is -1.05. The van der Waals surface area contributed by atoms with Crippen LogP contribution in [-0.4, -0.2) is 42.3 Å². The standard InChI is InChI=1S/C28H36N2O5/c1-18(13-14-25(31)30-24(15-26(32)33)28(2,3)4)16-29-27(34)35-17-23-21-11-7-5-9-19(21)20-10-6-8-12-22(20)23/h5-12,18,23-24H,13-17H2,1-4H3,(H,29,34)(H,30,31)(H,32,33). The van der Waals surface area contributed by atoms with Gasteiger partial charge in [-0.1, -0.05) is 76.2 Å². The summed E-state index contributed by atoms with van der Waals surface area (Å²) in [5.41, 5.74) is 4.34. The predicted octanol–water partition coefficient (Wildman–Crippen LogP) is 4.95. The summed E-state index contributed by atoms with van der Waals surface area (Å²) in [6, 6.07) is 15.9. The molecule has 1 aliphatic carbocycles. The van der Waals surface area contributed by atoms with Crippen molar-refractivity contribution in [2.24, 2.45) is 11.3 Å². The van der Waals surface area contributed by atoms with Gasteiger partial charge in [-0.15, -0.1) is 0 Å². The van der Waals surface area contributed by atoms with Gasteiger partial charge in [-0.2, -0.15) is 0 Å². The SMILES string of the molecule is CC(CCC(=O)NC(CC(=O)O)C(C)(C)C)CNC(=O)OCC1c2ccccc2-c2ccccc21. The largest absolute Gasteiger partial charge is 0.481 e. The van der Waals surface area contributed by atoms with Gasteiger partial charge < -0.3 is 20.5 Å². The van der Waals surface area contributed by atoms with Crippen LogP contribution in [-0.2, 0) is 14.3 Å². The van der Waals surface area contributed by atoms with Crippen LogP contribution >= 0.6 is 0 Å². The van der Waals surface area contributed by atoms with Crippen LogP contribution in [0.1, 0.15) is 64.0 Å². The van der Waals surface area contributed by atoms with Crippen molar-refractivity contribution in [3.63, 3.8) is 0 Å². The molecule has 0 heterocycles. The van der Waals surface area contributed by atoms with Gasteiger partial charge >= 0.3 is 12.1 Å². The minimum atomic E-state index is -0.939. The van der Waals surface area contributed by atoms with Crippen molar-refractivity contribution in [3.8, 4) is 11.1 Å². The number of nitrogens with one attached hydrogen (secondary N) is 2. The fourth-order valence-corrected chi connectivity index (χ4v) is 4.40. The van der Waals surface area contributed by atoms with Crippen molar-refractivity contribution in [1.82, 2.24) is 10.6 Å². The van der Waals surface area contributed by atoms with E-state index in [0.717, 1.165) is 11.1 Å². The van der Waals surface area contributed by atoms with Gasteiger partial charge in [0.15, 0.2) is 0 Å². The number of aliphatic carboxylic acids is 1. The molecule has 3 N–H and O–H groups in total. The molecule has 0 aliphatic heterocycles. The van der Waals surface area contributed by atoms with Crippen molar-refractivity contribution in [2.45, 2.75) is 58.9 Å². The molecule has 3 rings (SSSR count). The summed E-state index contributed by atoms with van der Waals surface area (Å²) < 4.78 is 5.56. The van der Waals surface area contributed by atoms with E-state index < -0.39 is 18.1 Å². The number of alkyl carbamates (subject to hydrolysis) is 1. The lowest BCUT2D eigenvalue weighted by Crippen LogP contribution is -2.45. The smallest absolute Gasteiger partial charge is 0.407 e. The first kappa shape index (κ1) is 26.3. The van der Waals surface area contributed by atoms with Gasteiger partial charge in [-0.3, -0.25) is 9.59 Å². The summed E-state index contributed by atoms with van der Waals surface area (Å²) in [4.78, 5) is 35.8. The lowest BCUT2D eigenvalue weighted by Gasteiger charge is -2.30. The van der Waals surface area contributed by atoms with Crippen LogP contribution in [0.3, 0.4) is 0 Å². The average molecular weight is 481 g/mol.